The van der Waals surface area contributed by atoms with E-state index in [-0.39, 0.29) is 11.5 Å². The number of esters is 2. The molecule has 0 aromatic carbocycles. The maximum atomic E-state index is 11.4. The lowest BCUT2D eigenvalue weighted by Gasteiger charge is -2.07. The van der Waals surface area contributed by atoms with Gasteiger partial charge in [0.15, 0.2) is 5.82 Å². The molecule has 0 saturated carbocycles. The molecule has 8 heteroatoms. The summed E-state index contributed by atoms with van der Waals surface area (Å²) in [4.78, 5) is 33.2. The van der Waals surface area contributed by atoms with Crippen LogP contribution in [0, 0.1) is 0 Å². The van der Waals surface area contributed by atoms with Crippen LogP contribution in [0.25, 0.3) is 0 Å². The Bertz CT molecular complexity index is 514. The Kier molecular flexibility index (Phi) is 4.61. The van der Waals surface area contributed by atoms with Crippen LogP contribution in [-0.4, -0.2) is 36.4 Å². The van der Waals surface area contributed by atoms with Gasteiger partial charge in [0.2, 0.25) is 0 Å². The smallest absolute Gasteiger partial charge is 0.354 e. The number of hydrogen-bond acceptors (Lipinski definition) is 7. The van der Waals surface area contributed by atoms with Gasteiger partial charge in [-0.2, -0.15) is 5.10 Å². The summed E-state index contributed by atoms with van der Waals surface area (Å²) in [6.07, 6.45) is 0.915. The van der Waals surface area contributed by atoms with Gasteiger partial charge in [-0.05, 0) is 6.07 Å². The lowest BCUT2D eigenvalue weighted by molar-refractivity contribution is -0.138. The first kappa shape index (κ1) is 13.4. The van der Waals surface area contributed by atoms with Gasteiger partial charge in [-0.3, -0.25) is 4.79 Å². The van der Waals surface area contributed by atoms with E-state index in [2.05, 4.69) is 25.0 Å². The fourth-order valence-electron chi connectivity index (χ4n) is 0.985. The zero-order chi connectivity index (χ0) is 13.5. The summed E-state index contributed by atoms with van der Waals surface area (Å²) in [6, 6.07) is 2.55. The average molecular weight is 253 g/mol. The molecule has 0 spiro atoms. The molecular formula is C10H11N3O5. The van der Waals surface area contributed by atoms with Gasteiger partial charge in [0, 0.05) is 6.07 Å². The third-order valence-corrected chi connectivity index (χ3v) is 1.81. The number of carbonyl (C=O) groups excluding carboxylic acids is 2. The molecule has 0 saturated heterocycles. The molecule has 2 N–H and O–H groups in total. The lowest BCUT2D eigenvalue weighted by Crippen LogP contribution is -2.17. The first-order chi connectivity index (χ1) is 8.56. The summed E-state index contributed by atoms with van der Waals surface area (Å²) >= 11 is 0. The van der Waals surface area contributed by atoms with Crippen LogP contribution in [0.4, 0.5) is 5.82 Å². The van der Waals surface area contributed by atoms with E-state index in [4.69, 9.17) is 0 Å². The van der Waals surface area contributed by atoms with Crippen molar-refractivity contribution in [2.45, 2.75) is 0 Å². The number of rotatable bonds is 4. The van der Waals surface area contributed by atoms with Gasteiger partial charge in [-0.25, -0.2) is 14.7 Å². The van der Waals surface area contributed by atoms with Crippen molar-refractivity contribution in [2.75, 3.05) is 19.5 Å². The van der Waals surface area contributed by atoms with Crippen LogP contribution in [0.3, 0.4) is 0 Å². The topological polar surface area (TPSA) is 110 Å². The highest BCUT2D eigenvalue weighted by Crippen LogP contribution is 2.05. The number of nitrogens with zero attached hydrogens (tertiary/aromatic N) is 1. The van der Waals surface area contributed by atoms with Gasteiger partial charge in [-0.1, -0.05) is 0 Å². The summed E-state index contributed by atoms with van der Waals surface area (Å²) in [5.74, 6) is -1.32. The van der Waals surface area contributed by atoms with Crippen LogP contribution in [0.1, 0.15) is 0 Å². The molecule has 1 aromatic heterocycles. The lowest BCUT2D eigenvalue weighted by atomic mass is 10.3. The zero-order valence-corrected chi connectivity index (χ0v) is 9.72. The molecule has 0 amide bonds. The number of aromatic nitrogens is 2. The molecule has 0 unspecified atom stereocenters. The minimum atomic E-state index is -0.770. The van der Waals surface area contributed by atoms with Crippen molar-refractivity contribution in [1.29, 1.82) is 0 Å². The predicted octanol–water partition coefficient (Wildman–Crippen LogP) is -0.588. The van der Waals surface area contributed by atoms with Crippen LogP contribution in [-0.2, 0) is 19.1 Å². The fraction of sp³-hybridized carbons (Fsp3) is 0.200. The van der Waals surface area contributed by atoms with E-state index in [1.807, 2.05) is 0 Å². The number of H-pyrrole nitrogens is 1. The molecule has 18 heavy (non-hydrogen) atoms. The first-order valence-electron chi connectivity index (χ1n) is 4.77. The second-order valence-electron chi connectivity index (χ2n) is 3.00. The van der Waals surface area contributed by atoms with Crippen molar-refractivity contribution in [2.24, 2.45) is 0 Å². The first-order valence-corrected chi connectivity index (χ1v) is 4.77. The molecule has 0 aliphatic heterocycles. The van der Waals surface area contributed by atoms with E-state index < -0.39 is 17.5 Å². The highest BCUT2D eigenvalue weighted by Gasteiger charge is 2.13. The van der Waals surface area contributed by atoms with Crippen LogP contribution < -0.4 is 10.9 Å². The van der Waals surface area contributed by atoms with Crippen molar-refractivity contribution in [3.8, 4) is 0 Å². The molecule has 0 radical (unpaired) electrons. The number of aromatic amines is 1. The molecule has 0 fully saturated rings. The number of anilines is 1. The minimum absolute atomic E-state index is 0.163. The zero-order valence-electron chi connectivity index (χ0n) is 9.72. The Morgan fingerprint density at radius 1 is 1.33 bits per heavy atom. The molecule has 1 rings (SSSR count). The number of methoxy groups -OCH3 is 2. The third-order valence-electron chi connectivity index (χ3n) is 1.81. The molecule has 0 bridgehead atoms. The van der Waals surface area contributed by atoms with Crippen molar-refractivity contribution in [3.05, 3.63) is 34.3 Å². The molecular weight excluding hydrogens is 242 g/mol. The second kappa shape index (κ2) is 6.18. The average Bonchev–Trinajstić information content (AvgIpc) is 2.39. The van der Waals surface area contributed by atoms with Crippen LogP contribution in [0.5, 0.6) is 0 Å². The van der Waals surface area contributed by atoms with Crippen LogP contribution in [0.15, 0.2) is 28.7 Å². The predicted molar refractivity (Wildman–Crippen MR) is 60.6 cm³/mol. The highest BCUT2D eigenvalue weighted by atomic mass is 16.5. The van der Waals surface area contributed by atoms with Crippen LogP contribution >= 0.6 is 0 Å². The summed E-state index contributed by atoms with van der Waals surface area (Å²) in [6.45, 7) is 0. The second-order valence-corrected chi connectivity index (χ2v) is 3.00. The minimum Gasteiger partial charge on any atom is -0.466 e. The maximum absolute atomic E-state index is 11.4. The third kappa shape index (κ3) is 3.74. The number of hydrogen-bond donors (Lipinski definition) is 2. The SMILES string of the molecule is COC(=O)C=C(Nc1ccc(=O)[nH]n1)C(=O)OC. The fourth-order valence-corrected chi connectivity index (χ4v) is 0.985. The van der Waals surface area contributed by atoms with Gasteiger partial charge < -0.3 is 14.8 Å². The van der Waals surface area contributed by atoms with Gasteiger partial charge in [-0.15, -0.1) is 0 Å². The largest absolute Gasteiger partial charge is 0.466 e. The Morgan fingerprint density at radius 3 is 2.56 bits per heavy atom. The Morgan fingerprint density at radius 2 is 2.06 bits per heavy atom. The molecule has 0 aliphatic rings. The number of ether oxygens (including phenoxy) is 2. The van der Waals surface area contributed by atoms with E-state index in [0.29, 0.717) is 0 Å². The Labute approximate surface area is 102 Å². The molecule has 0 atom stereocenters. The normalized spacial score (nSPS) is 10.7. The summed E-state index contributed by atoms with van der Waals surface area (Å²) < 4.78 is 8.87. The van der Waals surface area contributed by atoms with Gasteiger partial charge in [0.1, 0.15) is 5.70 Å². The summed E-state index contributed by atoms with van der Waals surface area (Å²) in [5, 5.41) is 8.31. The van der Waals surface area contributed by atoms with Crippen molar-refractivity contribution >= 4 is 17.8 Å². The van der Waals surface area contributed by atoms with E-state index in [9.17, 15) is 14.4 Å². The van der Waals surface area contributed by atoms with E-state index >= 15 is 0 Å². The summed E-state index contributed by atoms with van der Waals surface area (Å²) in [5.41, 5.74) is -0.555. The molecule has 1 aromatic rings. The van der Waals surface area contributed by atoms with E-state index in [0.717, 1.165) is 13.2 Å². The number of nitrogens with one attached hydrogen (secondary N) is 2. The Balaban J connectivity index is 2.95. The van der Waals surface area contributed by atoms with Crippen molar-refractivity contribution < 1.29 is 19.1 Å². The van der Waals surface area contributed by atoms with Gasteiger partial charge in [0.05, 0.1) is 20.3 Å². The monoisotopic (exact) mass is 253 g/mol. The van der Waals surface area contributed by atoms with Gasteiger partial charge >= 0.3 is 11.9 Å². The van der Waals surface area contributed by atoms with Crippen LogP contribution in [0.2, 0.25) is 0 Å². The van der Waals surface area contributed by atoms with Crippen molar-refractivity contribution in [1.82, 2.24) is 10.2 Å². The van der Waals surface area contributed by atoms with E-state index in [1.54, 1.807) is 0 Å². The molecule has 96 valence electrons. The standard InChI is InChI=1S/C10H11N3O5/c1-17-9(15)5-6(10(16)18-2)11-7-3-4-8(14)13-12-7/h3-5H,1-2H3,(H,11,12)(H,13,14). The highest BCUT2D eigenvalue weighted by molar-refractivity contribution is 5.98. The van der Waals surface area contributed by atoms with E-state index in [1.165, 1.54) is 19.2 Å². The molecule has 0 aliphatic carbocycles. The maximum Gasteiger partial charge on any atom is 0.354 e. The molecule has 1 heterocycles. The molecule has 8 nitrogen and oxygen atoms in total. The van der Waals surface area contributed by atoms with Gasteiger partial charge in [0.25, 0.3) is 5.56 Å². The number of carbonyl (C=O) groups is 2. The van der Waals surface area contributed by atoms with Crippen molar-refractivity contribution in [3.63, 3.8) is 0 Å². The summed E-state index contributed by atoms with van der Waals surface area (Å²) in [7, 11) is 2.33. The Hall–Kier alpha value is -2.64. The quantitative estimate of drug-likeness (QED) is 0.545.